The number of esters is 1. The lowest BCUT2D eigenvalue weighted by atomic mass is 10.2. The number of thiazole rings is 1. The minimum absolute atomic E-state index is 0.126. The number of rotatable bonds is 5. The Morgan fingerprint density at radius 2 is 2.00 bits per heavy atom. The number of ether oxygens (including phenoxy) is 2. The molecule has 3 rings (SSSR count). The van der Waals surface area contributed by atoms with E-state index in [4.69, 9.17) is 32.7 Å². The second-order valence-corrected chi connectivity index (χ2v) is 7.51. The Balaban J connectivity index is 2.15. The minimum atomic E-state index is -0.467. The van der Waals surface area contributed by atoms with Gasteiger partial charge in [-0.05, 0) is 37.3 Å². The quantitative estimate of drug-likeness (QED) is 0.556. The number of amides is 1. The fourth-order valence-corrected chi connectivity index (χ4v) is 4.41. The number of methoxy groups -OCH3 is 1. The van der Waals surface area contributed by atoms with Gasteiger partial charge in [-0.2, -0.15) is 4.99 Å². The fourth-order valence-electron chi connectivity index (χ4n) is 2.60. The van der Waals surface area contributed by atoms with Crippen LogP contribution < -0.4 is 9.54 Å². The van der Waals surface area contributed by atoms with Crippen LogP contribution in [-0.4, -0.2) is 30.2 Å². The molecule has 1 aromatic heterocycles. The van der Waals surface area contributed by atoms with Crippen LogP contribution in [-0.2, 0) is 16.1 Å². The highest BCUT2D eigenvalue weighted by Crippen LogP contribution is 2.29. The van der Waals surface area contributed by atoms with Crippen LogP contribution in [0.3, 0.4) is 0 Å². The van der Waals surface area contributed by atoms with Gasteiger partial charge in [0.15, 0.2) is 4.80 Å². The van der Waals surface area contributed by atoms with Gasteiger partial charge >= 0.3 is 5.97 Å². The van der Waals surface area contributed by atoms with Gasteiger partial charge in [0, 0.05) is 10.6 Å². The monoisotopic (exact) mass is 438 g/mol. The van der Waals surface area contributed by atoms with E-state index < -0.39 is 11.9 Å². The van der Waals surface area contributed by atoms with Crippen molar-refractivity contribution in [3.8, 4) is 5.75 Å². The summed E-state index contributed by atoms with van der Waals surface area (Å²) in [5, 5.41) is 0.811. The molecular formula is C19H16Cl2N2O4S. The van der Waals surface area contributed by atoms with Crippen molar-refractivity contribution in [2.24, 2.45) is 4.99 Å². The molecule has 0 aliphatic heterocycles. The zero-order chi connectivity index (χ0) is 20.3. The first-order valence-electron chi connectivity index (χ1n) is 8.30. The SMILES string of the molecule is CCOC(=O)Cn1c(=NC(=O)c2cccc(OC)c2)sc2cc(Cl)cc(Cl)c21. The summed E-state index contributed by atoms with van der Waals surface area (Å²) in [5.41, 5.74) is 0.935. The number of hydrogen-bond acceptors (Lipinski definition) is 5. The number of aromatic nitrogens is 1. The van der Waals surface area contributed by atoms with Gasteiger partial charge in [-0.25, -0.2) is 0 Å². The minimum Gasteiger partial charge on any atom is -0.497 e. The van der Waals surface area contributed by atoms with E-state index in [0.29, 0.717) is 36.4 Å². The third-order valence-corrected chi connectivity index (χ3v) is 5.33. The molecule has 0 unspecified atom stereocenters. The number of halogens is 2. The summed E-state index contributed by atoms with van der Waals surface area (Å²) >= 11 is 13.6. The number of carbonyl (C=O) groups is 2. The van der Waals surface area contributed by atoms with Gasteiger partial charge in [-0.1, -0.05) is 40.6 Å². The smallest absolute Gasteiger partial charge is 0.326 e. The van der Waals surface area contributed by atoms with Crippen LogP contribution >= 0.6 is 34.5 Å². The van der Waals surface area contributed by atoms with Crippen LogP contribution in [0, 0.1) is 0 Å². The highest BCUT2D eigenvalue weighted by Gasteiger charge is 2.16. The normalized spacial score (nSPS) is 11.6. The summed E-state index contributed by atoms with van der Waals surface area (Å²) in [4.78, 5) is 29.3. The van der Waals surface area contributed by atoms with Crippen molar-refractivity contribution in [2.75, 3.05) is 13.7 Å². The van der Waals surface area contributed by atoms with Crippen LogP contribution in [0.2, 0.25) is 10.0 Å². The molecule has 1 amide bonds. The Kier molecular flexibility index (Phi) is 6.39. The lowest BCUT2D eigenvalue weighted by molar-refractivity contribution is -0.143. The predicted molar refractivity (Wildman–Crippen MR) is 109 cm³/mol. The molecule has 0 saturated carbocycles. The Hall–Kier alpha value is -2.35. The number of hydrogen-bond donors (Lipinski definition) is 0. The van der Waals surface area contributed by atoms with Crippen LogP contribution in [0.4, 0.5) is 0 Å². The molecule has 1 heterocycles. The molecule has 0 saturated heterocycles. The first-order valence-corrected chi connectivity index (χ1v) is 9.87. The van der Waals surface area contributed by atoms with Gasteiger partial charge in [-0.15, -0.1) is 0 Å². The molecule has 0 bridgehead atoms. The van der Waals surface area contributed by atoms with Crippen molar-refractivity contribution in [1.82, 2.24) is 4.57 Å². The summed E-state index contributed by atoms with van der Waals surface area (Å²) in [6.07, 6.45) is 0. The molecule has 2 aromatic carbocycles. The maximum absolute atomic E-state index is 12.7. The summed E-state index contributed by atoms with van der Waals surface area (Å²) in [6.45, 7) is 1.84. The first kappa shape index (κ1) is 20.4. The predicted octanol–water partition coefficient (Wildman–Crippen LogP) is 4.32. The van der Waals surface area contributed by atoms with E-state index in [1.165, 1.54) is 18.4 Å². The molecule has 0 radical (unpaired) electrons. The number of carbonyl (C=O) groups excluding carboxylic acids is 2. The van der Waals surface area contributed by atoms with E-state index >= 15 is 0 Å². The average Bonchev–Trinajstić information content (AvgIpc) is 2.98. The second-order valence-electron chi connectivity index (χ2n) is 5.66. The lowest BCUT2D eigenvalue weighted by Gasteiger charge is -2.06. The topological polar surface area (TPSA) is 69.9 Å². The standard InChI is InChI=1S/C19H16Cl2N2O4S/c1-3-27-16(24)10-23-17-14(21)8-12(20)9-15(17)28-19(23)22-18(25)11-5-4-6-13(7-11)26-2/h4-9H,3,10H2,1-2H3. The summed E-state index contributed by atoms with van der Waals surface area (Å²) < 4.78 is 12.5. The molecule has 0 N–H and O–H groups in total. The van der Waals surface area contributed by atoms with Crippen molar-refractivity contribution < 1.29 is 19.1 Å². The Bertz CT molecular complexity index is 1120. The molecule has 28 heavy (non-hydrogen) atoms. The van der Waals surface area contributed by atoms with Crippen molar-refractivity contribution >= 4 is 56.6 Å². The summed E-state index contributed by atoms with van der Waals surface area (Å²) in [5.74, 6) is -0.375. The first-order chi connectivity index (χ1) is 13.4. The molecule has 0 spiro atoms. The molecule has 0 atom stereocenters. The number of fused-ring (bicyclic) bond motifs is 1. The summed E-state index contributed by atoms with van der Waals surface area (Å²) in [6, 6.07) is 9.96. The van der Waals surface area contributed by atoms with Crippen LogP contribution in [0.25, 0.3) is 10.2 Å². The van der Waals surface area contributed by atoms with Gasteiger partial charge in [0.1, 0.15) is 12.3 Å². The highest BCUT2D eigenvalue weighted by molar-refractivity contribution is 7.16. The van der Waals surface area contributed by atoms with Crippen LogP contribution in [0.15, 0.2) is 41.4 Å². The Morgan fingerprint density at radius 3 is 2.71 bits per heavy atom. The molecule has 0 aliphatic carbocycles. The zero-order valence-electron chi connectivity index (χ0n) is 15.1. The van der Waals surface area contributed by atoms with E-state index in [1.54, 1.807) is 47.9 Å². The number of nitrogens with zero attached hydrogens (tertiary/aromatic N) is 2. The van der Waals surface area contributed by atoms with E-state index in [-0.39, 0.29) is 13.2 Å². The van der Waals surface area contributed by atoms with E-state index in [0.717, 1.165) is 0 Å². The number of benzene rings is 2. The summed E-state index contributed by atoms with van der Waals surface area (Å²) in [7, 11) is 1.52. The van der Waals surface area contributed by atoms with Crippen molar-refractivity contribution in [1.29, 1.82) is 0 Å². The van der Waals surface area contributed by atoms with Gasteiger partial charge in [0.25, 0.3) is 5.91 Å². The molecule has 6 nitrogen and oxygen atoms in total. The van der Waals surface area contributed by atoms with Gasteiger partial charge in [0.2, 0.25) is 0 Å². The third kappa shape index (κ3) is 4.38. The van der Waals surface area contributed by atoms with Crippen LogP contribution in [0.1, 0.15) is 17.3 Å². The Labute approximate surface area is 174 Å². The van der Waals surface area contributed by atoms with E-state index in [2.05, 4.69) is 4.99 Å². The van der Waals surface area contributed by atoms with Gasteiger partial charge < -0.3 is 14.0 Å². The molecule has 146 valence electrons. The molecule has 0 fully saturated rings. The maximum Gasteiger partial charge on any atom is 0.326 e. The highest BCUT2D eigenvalue weighted by atomic mass is 35.5. The Morgan fingerprint density at radius 1 is 1.21 bits per heavy atom. The molecule has 3 aromatic rings. The third-order valence-electron chi connectivity index (χ3n) is 3.80. The van der Waals surface area contributed by atoms with E-state index in [1.807, 2.05) is 0 Å². The molecular weight excluding hydrogens is 423 g/mol. The fraction of sp³-hybridized carbons (Fsp3) is 0.211. The second kappa shape index (κ2) is 8.77. The zero-order valence-corrected chi connectivity index (χ0v) is 17.4. The van der Waals surface area contributed by atoms with Crippen molar-refractivity contribution in [2.45, 2.75) is 13.5 Å². The average molecular weight is 439 g/mol. The van der Waals surface area contributed by atoms with Gasteiger partial charge in [0.05, 0.1) is 29.0 Å². The largest absolute Gasteiger partial charge is 0.497 e. The van der Waals surface area contributed by atoms with Gasteiger partial charge in [-0.3, -0.25) is 9.59 Å². The van der Waals surface area contributed by atoms with Crippen molar-refractivity contribution in [3.63, 3.8) is 0 Å². The maximum atomic E-state index is 12.7. The molecule has 0 aliphatic rings. The van der Waals surface area contributed by atoms with Crippen molar-refractivity contribution in [3.05, 3.63) is 56.8 Å². The molecule has 9 heteroatoms. The van der Waals surface area contributed by atoms with E-state index in [9.17, 15) is 9.59 Å². The lowest BCUT2D eigenvalue weighted by Crippen LogP contribution is -2.23. The van der Waals surface area contributed by atoms with Crippen LogP contribution in [0.5, 0.6) is 5.75 Å².